The van der Waals surface area contributed by atoms with E-state index in [0.29, 0.717) is 0 Å². The van der Waals surface area contributed by atoms with Gasteiger partial charge in [0.1, 0.15) is 0 Å². The summed E-state index contributed by atoms with van der Waals surface area (Å²) in [5.41, 5.74) is 1.07. The SMILES string of the molecule is Cl.Cl.[C-]1=CC=CC1.[CH2-]c1ccccc1.[CH2]=[Zr].c1ccc2c(c1)[cH-]c1ccccc12. The molecule has 0 aliphatic heterocycles. The van der Waals surface area contributed by atoms with Crippen molar-refractivity contribution in [1.29, 1.82) is 0 Å². The van der Waals surface area contributed by atoms with Crippen LogP contribution in [0.1, 0.15) is 12.0 Å². The maximum absolute atomic E-state index is 3.72. The fourth-order valence-electron chi connectivity index (χ4n) is 2.72. The third-order valence-corrected chi connectivity index (χ3v) is 3.95. The molecular weight excluding hydrogens is 474 g/mol. The number of rotatable bonds is 0. The van der Waals surface area contributed by atoms with Crippen LogP contribution in [0, 0.1) is 13.0 Å². The minimum Gasteiger partial charge on any atom is -0.126 e. The maximum Gasteiger partial charge on any atom is -0.0771 e. The average molecular weight is 500 g/mol. The molecule has 4 aromatic carbocycles. The van der Waals surface area contributed by atoms with Crippen molar-refractivity contribution in [2.45, 2.75) is 6.42 Å². The molecule has 0 spiro atoms. The molecule has 0 nitrogen and oxygen atoms in total. The second kappa shape index (κ2) is 16.1. The van der Waals surface area contributed by atoms with E-state index in [-0.39, 0.29) is 24.8 Å². The zero-order valence-electron chi connectivity index (χ0n) is 16.3. The van der Waals surface area contributed by atoms with Crippen LogP contribution in [0.3, 0.4) is 0 Å². The number of allylic oxidation sites excluding steroid dienone is 4. The molecule has 1 aliphatic carbocycles. The van der Waals surface area contributed by atoms with E-state index in [9.17, 15) is 0 Å². The molecule has 0 saturated carbocycles. The molecule has 5 rings (SSSR count). The van der Waals surface area contributed by atoms with Gasteiger partial charge in [0, 0.05) is 0 Å². The molecule has 0 aromatic heterocycles. The van der Waals surface area contributed by atoms with E-state index in [1.54, 1.807) is 0 Å². The van der Waals surface area contributed by atoms with Crippen LogP contribution >= 0.6 is 24.8 Å². The van der Waals surface area contributed by atoms with Gasteiger partial charge < -0.3 is 0 Å². The Morgan fingerprint density at radius 2 is 1.24 bits per heavy atom. The van der Waals surface area contributed by atoms with E-state index in [1.165, 1.54) is 45.8 Å². The summed E-state index contributed by atoms with van der Waals surface area (Å²) in [7, 11) is 0. The molecule has 29 heavy (non-hydrogen) atoms. The first-order valence-corrected chi connectivity index (χ1v) is 10.6. The largest absolute Gasteiger partial charge is 0.126 e. The van der Waals surface area contributed by atoms with Gasteiger partial charge in [0.05, 0.1) is 0 Å². The summed E-state index contributed by atoms with van der Waals surface area (Å²) in [6, 6.07) is 29.1. The number of halogens is 2. The van der Waals surface area contributed by atoms with Crippen molar-refractivity contribution in [2.24, 2.45) is 0 Å². The van der Waals surface area contributed by atoms with Gasteiger partial charge in [-0.1, -0.05) is 42.5 Å². The monoisotopic (exact) mass is 497 g/mol. The average Bonchev–Trinajstić information content (AvgIpc) is 3.42. The molecule has 0 amide bonds. The minimum atomic E-state index is 0. The molecule has 0 bridgehead atoms. The summed E-state index contributed by atoms with van der Waals surface area (Å²) in [6.45, 7) is 3.72. The Hall–Kier alpha value is -1.79. The van der Waals surface area contributed by atoms with Crippen molar-refractivity contribution in [3.8, 4) is 0 Å². The molecule has 0 atom stereocenters. The maximum atomic E-state index is 3.72. The summed E-state index contributed by atoms with van der Waals surface area (Å²) in [6.07, 6.45) is 10.0. The minimum absolute atomic E-state index is 0. The first kappa shape index (κ1) is 27.2. The summed E-state index contributed by atoms with van der Waals surface area (Å²) < 4.78 is 3.34. The van der Waals surface area contributed by atoms with Gasteiger partial charge in [-0.25, -0.2) is 12.2 Å². The smallest absolute Gasteiger partial charge is 0.0771 e. The van der Waals surface area contributed by atoms with E-state index < -0.39 is 0 Å². The topological polar surface area (TPSA) is 0 Å². The molecule has 0 unspecified atom stereocenters. The van der Waals surface area contributed by atoms with Gasteiger partial charge in [0.2, 0.25) is 0 Å². The molecule has 3 heteroatoms. The number of hydrogen-bond donors (Lipinski definition) is 0. The molecule has 0 radical (unpaired) electrons. The van der Waals surface area contributed by atoms with Crippen molar-refractivity contribution in [3.05, 3.63) is 122 Å². The summed E-state index contributed by atoms with van der Waals surface area (Å²) >= 11 is 1.30. The van der Waals surface area contributed by atoms with Crippen LogP contribution in [0.4, 0.5) is 0 Å². The zero-order chi connectivity index (χ0) is 19.3. The van der Waals surface area contributed by atoms with E-state index in [0.717, 1.165) is 12.0 Å². The quantitative estimate of drug-likeness (QED) is 0.218. The predicted octanol–water partition coefficient (Wildman–Crippen LogP) is 7.70. The van der Waals surface area contributed by atoms with E-state index in [1.807, 2.05) is 42.5 Å². The normalized spacial score (nSPS) is 10.2. The van der Waals surface area contributed by atoms with Gasteiger partial charge in [-0.15, -0.1) is 83.1 Å². The molecule has 0 fully saturated rings. The fourth-order valence-corrected chi connectivity index (χ4v) is 2.72. The van der Waals surface area contributed by atoms with Crippen LogP contribution in [0.5, 0.6) is 0 Å². The molecule has 4 aromatic rings. The van der Waals surface area contributed by atoms with Crippen molar-refractivity contribution in [2.75, 3.05) is 0 Å². The van der Waals surface area contributed by atoms with Gasteiger partial charge in [-0.05, 0) is 0 Å². The molecule has 0 heterocycles. The summed E-state index contributed by atoms with van der Waals surface area (Å²) in [4.78, 5) is 0. The molecular formula is C26H25Cl2Zr-3. The van der Waals surface area contributed by atoms with Crippen molar-refractivity contribution in [3.63, 3.8) is 0 Å². The standard InChI is InChI=1S/C13H9.C7H7.C5H5.CH2.2ClH.Zr/c1-3-7-12-10(5-1)9-11-6-2-4-8-13(11)12;1-7-5-3-2-4-6-7;1-2-4-5-3-1;;;;/h1-9H;2-6H,1H2;1-3H,4H2;1H2;2*1H;/q3*-1;;;;. The van der Waals surface area contributed by atoms with Crippen LogP contribution in [0.2, 0.25) is 0 Å². The predicted molar refractivity (Wildman–Crippen MR) is 131 cm³/mol. The van der Waals surface area contributed by atoms with Crippen LogP contribution in [-0.2, 0) is 24.2 Å². The van der Waals surface area contributed by atoms with Crippen LogP contribution in [0.15, 0.2) is 103 Å². The van der Waals surface area contributed by atoms with Gasteiger partial charge in [-0.2, -0.15) is 30.7 Å². The Labute approximate surface area is 201 Å². The Balaban J connectivity index is 0.000000420. The van der Waals surface area contributed by atoms with E-state index in [2.05, 4.69) is 77.9 Å². The molecule has 0 N–H and O–H groups in total. The first-order valence-electron chi connectivity index (χ1n) is 8.82. The van der Waals surface area contributed by atoms with E-state index in [4.69, 9.17) is 0 Å². The molecule has 150 valence electrons. The Morgan fingerprint density at radius 1 is 0.759 bits per heavy atom. The van der Waals surface area contributed by atoms with E-state index >= 15 is 0 Å². The summed E-state index contributed by atoms with van der Waals surface area (Å²) in [5.74, 6) is 0. The van der Waals surface area contributed by atoms with Gasteiger partial charge in [0.15, 0.2) is 0 Å². The Kier molecular flexibility index (Phi) is 15.1. The fraction of sp³-hybridized carbons (Fsp3) is 0.0385. The van der Waals surface area contributed by atoms with Crippen molar-refractivity contribution < 1.29 is 24.2 Å². The second-order valence-corrected chi connectivity index (χ2v) is 5.81. The third-order valence-electron chi connectivity index (χ3n) is 3.95. The van der Waals surface area contributed by atoms with Gasteiger partial charge >= 0.3 is 28.4 Å². The van der Waals surface area contributed by atoms with Crippen molar-refractivity contribution >= 4 is 50.6 Å². The van der Waals surface area contributed by atoms with Crippen molar-refractivity contribution in [1.82, 2.24) is 0 Å². The van der Waals surface area contributed by atoms with Gasteiger partial charge in [-0.3, -0.25) is 6.08 Å². The van der Waals surface area contributed by atoms with Crippen LogP contribution in [-0.4, -0.2) is 4.21 Å². The number of benzene rings is 3. The number of hydrogen-bond acceptors (Lipinski definition) is 0. The second-order valence-electron chi connectivity index (χ2n) is 5.81. The zero-order valence-corrected chi connectivity index (χ0v) is 20.3. The van der Waals surface area contributed by atoms with Crippen LogP contribution in [0.25, 0.3) is 21.5 Å². The molecule has 0 saturated heterocycles. The van der Waals surface area contributed by atoms with Crippen LogP contribution < -0.4 is 0 Å². The number of fused-ring (bicyclic) bond motifs is 3. The van der Waals surface area contributed by atoms with Gasteiger partial charge in [0.25, 0.3) is 0 Å². The first-order chi connectivity index (χ1) is 13.3. The third kappa shape index (κ3) is 9.05. The summed E-state index contributed by atoms with van der Waals surface area (Å²) in [5, 5.41) is 5.39. The Bertz CT molecular complexity index is 941. The molecule has 1 aliphatic rings. The Morgan fingerprint density at radius 3 is 1.59 bits per heavy atom.